The maximum absolute atomic E-state index is 12.4. The van der Waals surface area contributed by atoms with Gasteiger partial charge in [0.2, 0.25) is 0 Å². The second-order valence-corrected chi connectivity index (χ2v) is 7.03. The molecular weight excluding hydrogens is 366 g/mol. The number of anilines is 1. The zero-order chi connectivity index (χ0) is 20.3. The van der Waals surface area contributed by atoms with E-state index in [-0.39, 0.29) is 5.91 Å². The van der Waals surface area contributed by atoms with Gasteiger partial charge in [-0.15, -0.1) is 0 Å². The van der Waals surface area contributed by atoms with Crippen molar-refractivity contribution in [2.75, 3.05) is 32.1 Å². The maximum atomic E-state index is 12.4. The average molecular weight is 396 g/mol. The fraction of sp³-hybridized carbons (Fsp3) is 0.391. The molecule has 1 amide bonds. The van der Waals surface area contributed by atoms with Gasteiger partial charge in [-0.1, -0.05) is 11.6 Å². The molecule has 154 valence electrons. The van der Waals surface area contributed by atoms with E-state index < -0.39 is 0 Å². The first-order chi connectivity index (χ1) is 14.2. The Morgan fingerprint density at radius 2 is 1.93 bits per heavy atom. The number of aromatic nitrogens is 1. The van der Waals surface area contributed by atoms with Crippen molar-refractivity contribution in [1.29, 1.82) is 0 Å². The van der Waals surface area contributed by atoms with Gasteiger partial charge in [-0.05, 0) is 62.4 Å². The van der Waals surface area contributed by atoms with Crippen LogP contribution in [-0.2, 0) is 0 Å². The van der Waals surface area contributed by atoms with Gasteiger partial charge in [0.1, 0.15) is 18.1 Å². The summed E-state index contributed by atoms with van der Waals surface area (Å²) in [7, 11) is 1.62. The van der Waals surface area contributed by atoms with Crippen LogP contribution in [0.5, 0.6) is 11.5 Å². The van der Waals surface area contributed by atoms with Crippen molar-refractivity contribution in [3.63, 3.8) is 0 Å². The molecule has 0 fully saturated rings. The maximum Gasteiger partial charge on any atom is 0.253 e. The molecule has 1 aromatic heterocycles. The number of benzene rings is 1. The molecule has 0 radical (unpaired) electrons. The highest BCUT2D eigenvalue weighted by Gasteiger charge is 2.07. The van der Waals surface area contributed by atoms with Crippen molar-refractivity contribution in [2.45, 2.75) is 32.1 Å². The number of allylic oxidation sites excluding steroid dienone is 1. The van der Waals surface area contributed by atoms with Gasteiger partial charge in [0.05, 0.1) is 24.9 Å². The Kier molecular flexibility index (Phi) is 7.92. The number of rotatable bonds is 10. The molecule has 29 heavy (non-hydrogen) atoms. The molecule has 0 aliphatic heterocycles. The predicted octanol–water partition coefficient (Wildman–Crippen LogP) is 4.20. The lowest BCUT2D eigenvalue weighted by Crippen LogP contribution is -2.28. The van der Waals surface area contributed by atoms with Gasteiger partial charge in [-0.3, -0.25) is 9.78 Å². The van der Waals surface area contributed by atoms with Crippen molar-refractivity contribution < 1.29 is 14.3 Å². The Morgan fingerprint density at radius 1 is 1.10 bits per heavy atom. The average Bonchev–Trinajstić information content (AvgIpc) is 2.78. The molecule has 3 rings (SSSR count). The van der Waals surface area contributed by atoms with Gasteiger partial charge in [0.25, 0.3) is 5.91 Å². The summed E-state index contributed by atoms with van der Waals surface area (Å²) in [5.74, 6) is 1.36. The minimum atomic E-state index is -0.158. The molecule has 0 saturated carbocycles. The third-order valence-corrected chi connectivity index (χ3v) is 4.88. The molecule has 0 spiro atoms. The van der Waals surface area contributed by atoms with E-state index in [4.69, 9.17) is 9.47 Å². The molecule has 1 aliphatic carbocycles. The lowest BCUT2D eigenvalue weighted by atomic mass is 9.97. The first kappa shape index (κ1) is 20.7. The highest BCUT2D eigenvalue weighted by atomic mass is 16.5. The second kappa shape index (κ2) is 11.1. The van der Waals surface area contributed by atoms with Gasteiger partial charge < -0.3 is 20.1 Å². The number of pyridine rings is 1. The molecule has 0 bridgehead atoms. The molecule has 6 nitrogen and oxygen atoms in total. The molecule has 1 aliphatic rings. The molecule has 0 unspecified atom stereocenters. The zero-order valence-corrected chi connectivity index (χ0v) is 16.9. The summed E-state index contributed by atoms with van der Waals surface area (Å²) in [5, 5.41) is 6.23. The van der Waals surface area contributed by atoms with Gasteiger partial charge in [-0.2, -0.15) is 0 Å². The van der Waals surface area contributed by atoms with Crippen LogP contribution in [0.3, 0.4) is 0 Å². The van der Waals surface area contributed by atoms with Crippen molar-refractivity contribution in [2.24, 2.45) is 0 Å². The summed E-state index contributed by atoms with van der Waals surface area (Å²) in [4.78, 5) is 16.5. The first-order valence-electron chi connectivity index (χ1n) is 10.2. The normalized spacial score (nSPS) is 13.3. The number of hydrogen-bond donors (Lipinski definition) is 2. The third-order valence-electron chi connectivity index (χ3n) is 4.88. The first-order valence-corrected chi connectivity index (χ1v) is 10.2. The summed E-state index contributed by atoms with van der Waals surface area (Å²) in [5.41, 5.74) is 2.93. The molecule has 2 aromatic rings. The lowest BCUT2D eigenvalue weighted by molar-refractivity contribution is 0.0946. The topological polar surface area (TPSA) is 72.5 Å². The highest BCUT2D eigenvalue weighted by Crippen LogP contribution is 2.20. The van der Waals surface area contributed by atoms with Crippen molar-refractivity contribution >= 4 is 11.6 Å². The molecule has 1 aromatic carbocycles. The fourth-order valence-electron chi connectivity index (χ4n) is 3.27. The Bertz CT molecular complexity index is 818. The van der Waals surface area contributed by atoms with Crippen LogP contribution in [-0.4, -0.2) is 37.7 Å². The van der Waals surface area contributed by atoms with Crippen molar-refractivity contribution in [3.05, 3.63) is 59.9 Å². The SMILES string of the molecule is COc1ccc(OCCNC(=O)c2cncc(NCCC3=CCCCC3)c2)cc1. The molecule has 1 heterocycles. The number of hydrogen-bond acceptors (Lipinski definition) is 5. The number of carbonyl (C=O) groups is 1. The van der Waals surface area contributed by atoms with E-state index >= 15 is 0 Å². The molecule has 2 N–H and O–H groups in total. The summed E-state index contributed by atoms with van der Waals surface area (Å²) >= 11 is 0. The Morgan fingerprint density at radius 3 is 2.69 bits per heavy atom. The largest absolute Gasteiger partial charge is 0.497 e. The van der Waals surface area contributed by atoms with Gasteiger partial charge in [0.15, 0.2) is 0 Å². The van der Waals surface area contributed by atoms with E-state index in [2.05, 4.69) is 21.7 Å². The van der Waals surface area contributed by atoms with E-state index in [1.54, 1.807) is 19.5 Å². The van der Waals surface area contributed by atoms with Crippen LogP contribution in [0.4, 0.5) is 5.69 Å². The summed E-state index contributed by atoms with van der Waals surface area (Å²) < 4.78 is 10.7. The summed E-state index contributed by atoms with van der Waals surface area (Å²) in [6.07, 6.45) is 11.7. The van der Waals surface area contributed by atoms with Crippen molar-refractivity contribution in [3.8, 4) is 11.5 Å². The minimum absolute atomic E-state index is 0.158. The van der Waals surface area contributed by atoms with E-state index in [1.807, 2.05) is 30.3 Å². The molecular formula is C23H29N3O3. The smallest absolute Gasteiger partial charge is 0.253 e. The number of amides is 1. The number of nitrogens with zero attached hydrogens (tertiary/aromatic N) is 1. The number of carbonyl (C=O) groups excluding carboxylic acids is 1. The molecule has 6 heteroatoms. The number of methoxy groups -OCH3 is 1. The van der Waals surface area contributed by atoms with E-state index in [1.165, 1.54) is 31.3 Å². The van der Waals surface area contributed by atoms with Crippen LogP contribution in [0.25, 0.3) is 0 Å². The van der Waals surface area contributed by atoms with Crippen LogP contribution in [0.2, 0.25) is 0 Å². The quantitative estimate of drug-likeness (QED) is 0.466. The van der Waals surface area contributed by atoms with Crippen LogP contribution < -0.4 is 20.1 Å². The van der Waals surface area contributed by atoms with Crippen molar-refractivity contribution in [1.82, 2.24) is 10.3 Å². The second-order valence-electron chi connectivity index (χ2n) is 7.03. The number of nitrogens with one attached hydrogen (secondary N) is 2. The van der Waals surface area contributed by atoms with Gasteiger partial charge >= 0.3 is 0 Å². The van der Waals surface area contributed by atoms with Crippen LogP contribution in [0, 0.1) is 0 Å². The lowest BCUT2D eigenvalue weighted by Gasteiger charge is -2.13. The van der Waals surface area contributed by atoms with Crippen LogP contribution in [0.15, 0.2) is 54.4 Å². The zero-order valence-electron chi connectivity index (χ0n) is 16.9. The standard InChI is InChI=1S/C23H29N3O3/c1-28-21-7-9-22(10-8-21)29-14-13-26-23(27)19-15-20(17-24-16-19)25-12-11-18-5-3-2-4-6-18/h5,7-10,15-17,25H,2-4,6,11-14H2,1H3,(H,26,27). The third kappa shape index (κ3) is 6.82. The Hall–Kier alpha value is -3.02. The monoisotopic (exact) mass is 395 g/mol. The molecule has 0 saturated heterocycles. The van der Waals surface area contributed by atoms with Crippen LogP contribution >= 0.6 is 0 Å². The van der Waals surface area contributed by atoms with Gasteiger partial charge in [-0.25, -0.2) is 0 Å². The van der Waals surface area contributed by atoms with Crippen LogP contribution in [0.1, 0.15) is 42.5 Å². The van der Waals surface area contributed by atoms with Gasteiger partial charge in [0, 0.05) is 18.9 Å². The van der Waals surface area contributed by atoms with E-state index in [0.29, 0.717) is 18.7 Å². The highest BCUT2D eigenvalue weighted by molar-refractivity contribution is 5.94. The summed E-state index contributed by atoms with van der Waals surface area (Å²) in [6.45, 7) is 1.66. The minimum Gasteiger partial charge on any atom is -0.497 e. The van der Waals surface area contributed by atoms with E-state index in [9.17, 15) is 4.79 Å². The Labute approximate surface area is 172 Å². The molecule has 0 atom stereocenters. The fourth-order valence-corrected chi connectivity index (χ4v) is 3.27. The van der Waals surface area contributed by atoms with E-state index in [0.717, 1.165) is 30.2 Å². The summed E-state index contributed by atoms with van der Waals surface area (Å²) in [6, 6.07) is 9.18. The number of ether oxygens (including phenoxy) is 2. The predicted molar refractivity (Wildman–Crippen MR) is 115 cm³/mol. The Balaban J connectivity index is 1.39.